The first-order chi connectivity index (χ1) is 13.0. The summed E-state index contributed by atoms with van der Waals surface area (Å²) in [6.45, 7) is 0. The molecule has 0 saturated heterocycles. The number of furan rings is 1. The highest BCUT2D eigenvalue weighted by Crippen LogP contribution is 2.27. The molecule has 0 aliphatic carbocycles. The third-order valence-corrected chi connectivity index (χ3v) is 3.71. The highest BCUT2D eigenvalue weighted by atomic mass is 19.1. The summed E-state index contributed by atoms with van der Waals surface area (Å²) in [7, 11) is 0. The highest BCUT2D eigenvalue weighted by Gasteiger charge is 2.18. The molecule has 0 unspecified atom stereocenters. The first-order valence-corrected chi connectivity index (χ1v) is 7.72. The molecular formula is C18H10FN3O5. The fourth-order valence-electron chi connectivity index (χ4n) is 2.49. The summed E-state index contributed by atoms with van der Waals surface area (Å²) in [5, 5.41) is 13.2. The van der Waals surface area contributed by atoms with E-state index in [0.29, 0.717) is 22.4 Å². The number of hydrogen-bond donors (Lipinski definition) is 1. The average molecular weight is 367 g/mol. The Labute approximate surface area is 150 Å². The molecule has 0 aliphatic rings. The third-order valence-electron chi connectivity index (χ3n) is 3.71. The average Bonchev–Trinajstić information content (AvgIpc) is 3.28. The zero-order chi connectivity index (χ0) is 19.0. The van der Waals surface area contributed by atoms with Gasteiger partial charge in [-0.1, -0.05) is 6.07 Å². The van der Waals surface area contributed by atoms with Gasteiger partial charge in [-0.3, -0.25) is 14.9 Å². The first-order valence-electron chi connectivity index (χ1n) is 7.72. The normalized spacial score (nSPS) is 10.9. The number of fused-ring (bicyclic) bond motifs is 1. The van der Waals surface area contributed by atoms with E-state index in [9.17, 15) is 19.3 Å². The first kappa shape index (κ1) is 16.5. The summed E-state index contributed by atoms with van der Waals surface area (Å²) >= 11 is 0. The van der Waals surface area contributed by atoms with Crippen LogP contribution < -0.4 is 5.32 Å². The van der Waals surface area contributed by atoms with Crippen molar-refractivity contribution in [3.63, 3.8) is 0 Å². The van der Waals surface area contributed by atoms with Crippen molar-refractivity contribution in [2.24, 2.45) is 0 Å². The van der Waals surface area contributed by atoms with Crippen LogP contribution in [0.5, 0.6) is 0 Å². The summed E-state index contributed by atoms with van der Waals surface area (Å²) in [6.07, 6.45) is 0. The standard InChI is InChI=1S/C18H10FN3O5/c19-11-3-1-2-10(8-11)18-21-13-9-12(4-5-14(13)27-18)20-17(23)15-6-7-16(26-15)22(24)25/h1-9H,(H,20,23). The Morgan fingerprint density at radius 2 is 1.96 bits per heavy atom. The van der Waals surface area contributed by atoms with E-state index >= 15 is 0 Å². The Kier molecular flexibility index (Phi) is 3.88. The van der Waals surface area contributed by atoms with E-state index in [1.165, 1.54) is 18.2 Å². The van der Waals surface area contributed by atoms with Crippen LogP contribution in [-0.2, 0) is 0 Å². The van der Waals surface area contributed by atoms with Crippen LogP contribution in [0.25, 0.3) is 22.6 Å². The molecule has 9 heteroatoms. The van der Waals surface area contributed by atoms with Gasteiger partial charge in [-0.2, -0.15) is 0 Å². The molecule has 2 aromatic carbocycles. The molecule has 0 fully saturated rings. The SMILES string of the molecule is O=C(Nc1ccc2oc(-c3cccc(F)c3)nc2c1)c1ccc([N+](=O)[O-])o1. The Balaban J connectivity index is 1.59. The predicted octanol–water partition coefficient (Wildman–Crippen LogP) is 4.39. The van der Waals surface area contributed by atoms with Crippen molar-refractivity contribution in [2.75, 3.05) is 5.32 Å². The summed E-state index contributed by atoms with van der Waals surface area (Å²) in [4.78, 5) is 26.3. The zero-order valence-corrected chi connectivity index (χ0v) is 13.5. The largest absolute Gasteiger partial charge is 0.436 e. The molecule has 0 spiro atoms. The van der Waals surface area contributed by atoms with Gasteiger partial charge in [0.25, 0.3) is 5.91 Å². The molecule has 0 radical (unpaired) electrons. The third kappa shape index (κ3) is 3.25. The van der Waals surface area contributed by atoms with Crippen molar-refractivity contribution in [1.82, 2.24) is 4.98 Å². The van der Waals surface area contributed by atoms with E-state index in [0.717, 1.165) is 6.07 Å². The Morgan fingerprint density at radius 3 is 2.70 bits per heavy atom. The summed E-state index contributed by atoms with van der Waals surface area (Å²) < 4.78 is 23.8. The molecule has 27 heavy (non-hydrogen) atoms. The van der Waals surface area contributed by atoms with Crippen LogP contribution in [0, 0.1) is 15.9 Å². The molecule has 2 heterocycles. The molecule has 4 rings (SSSR count). The number of rotatable bonds is 4. The summed E-state index contributed by atoms with van der Waals surface area (Å²) in [6, 6.07) is 12.9. The van der Waals surface area contributed by atoms with Crippen molar-refractivity contribution in [3.8, 4) is 11.5 Å². The van der Waals surface area contributed by atoms with Crippen molar-refractivity contribution in [2.45, 2.75) is 0 Å². The van der Waals surface area contributed by atoms with Gasteiger partial charge in [0.2, 0.25) is 5.89 Å². The molecule has 0 bridgehead atoms. The number of nitrogens with one attached hydrogen (secondary N) is 1. The fourth-order valence-corrected chi connectivity index (χ4v) is 2.49. The van der Waals surface area contributed by atoms with Gasteiger partial charge in [0.15, 0.2) is 11.3 Å². The number of carbonyl (C=O) groups is 1. The lowest BCUT2D eigenvalue weighted by Gasteiger charge is -2.01. The molecular weight excluding hydrogens is 357 g/mol. The lowest BCUT2D eigenvalue weighted by molar-refractivity contribution is -0.402. The van der Waals surface area contributed by atoms with E-state index in [1.807, 2.05) is 0 Å². The van der Waals surface area contributed by atoms with Crippen LogP contribution in [-0.4, -0.2) is 15.8 Å². The minimum absolute atomic E-state index is 0.192. The van der Waals surface area contributed by atoms with Crippen LogP contribution >= 0.6 is 0 Å². The second-order valence-corrected chi connectivity index (χ2v) is 5.56. The second kappa shape index (κ2) is 6.37. The van der Waals surface area contributed by atoms with Gasteiger partial charge in [0.05, 0.1) is 6.07 Å². The monoisotopic (exact) mass is 367 g/mol. The van der Waals surface area contributed by atoms with Gasteiger partial charge in [-0.25, -0.2) is 9.37 Å². The van der Waals surface area contributed by atoms with Crippen molar-refractivity contribution >= 4 is 28.6 Å². The Bertz CT molecular complexity index is 1180. The second-order valence-electron chi connectivity index (χ2n) is 5.56. The van der Waals surface area contributed by atoms with E-state index < -0.39 is 22.5 Å². The van der Waals surface area contributed by atoms with Gasteiger partial charge >= 0.3 is 5.88 Å². The lowest BCUT2D eigenvalue weighted by atomic mass is 10.2. The van der Waals surface area contributed by atoms with Crippen molar-refractivity contribution in [3.05, 3.63) is 76.3 Å². The minimum Gasteiger partial charge on any atom is -0.436 e. The predicted molar refractivity (Wildman–Crippen MR) is 92.7 cm³/mol. The van der Waals surface area contributed by atoms with Gasteiger partial charge in [0, 0.05) is 11.3 Å². The molecule has 0 aliphatic heterocycles. The van der Waals surface area contributed by atoms with Gasteiger partial charge in [-0.05, 0) is 42.5 Å². The maximum atomic E-state index is 13.4. The highest BCUT2D eigenvalue weighted by molar-refractivity contribution is 6.03. The number of hydrogen-bond acceptors (Lipinski definition) is 6. The molecule has 2 aromatic heterocycles. The van der Waals surface area contributed by atoms with E-state index in [4.69, 9.17) is 8.83 Å². The zero-order valence-electron chi connectivity index (χ0n) is 13.5. The fraction of sp³-hybridized carbons (Fsp3) is 0. The Hall–Kier alpha value is -4.01. The number of oxazole rings is 1. The van der Waals surface area contributed by atoms with Crippen LogP contribution in [0.3, 0.4) is 0 Å². The molecule has 1 N–H and O–H groups in total. The van der Waals surface area contributed by atoms with Crippen LogP contribution in [0.2, 0.25) is 0 Å². The van der Waals surface area contributed by atoms with Crippen LogP contribution in [0.4, 0.5) is 16.0 Å². The topological polar surface area (TPSA) is 111 Å². The number of nitro groups is 1. The molecule has 0 atom stereocenters. The summed E-state index contributed by atoms with van der Waals surface area (Å²) in [5.74, 6) is -1.52. The number of aromatic nitrogens is 1. The molecule has 4 aromatic rings. The van der Waals surface area contributed by atoms with E-state index in [1.54, 1.807) is 30.3 Å². The molecule has 1 amide bonds. The van der Waals surface area contributed by atoms with Gasteiger partial charge < -0.3 is 14.2 Å². The Morgan fingerprint density at radius 1 is 1.11 bits per heavy atom. The van der Waals surface area contributed by atoms with Crippen LogP contribution in [0.1, 0.15) is 10.6 Å². The van der Waals surface area contributed by atoms with Gasteiger partial charge in [-0.15, -0.1) is 0 Å². The van der Waals surface area contributed by atoms with Gasteiger partial charge in [0.1, 0.15) is 16.3 Å². The number of anilines is 1. The van der Waals surface area contributed by atoms with Crippen molar-refractivity contribution < 1.29 is 22.9 Å². The van der Waals surface area contributed by atoms with E-state index in [2.05, 4.69) is 10.3 Å². The quantitative estimate of drug-likeness (QED) is 0.423. The number of halogens is 1. The molecule has 134 valence electrons. The lowest BCUT2D eigenvalue weighted by Crippen LogP contribution is -2.10. The number of benzene rings is 2. The van der Waals surface area contributed by atoms with Crippen molar-refractivity contribution in [1.29, 1.82) is 0 Å². The molecule has 8 nitrogen and oxygen atoms in total. The maximum Gasteiger partial charge on any atom is 0.433 e. The minimum atomic E-state index is -0.730. The van der Waals surface area contributed by atoms with E-state index in [-0.39, 0.29) is 11.7 Å². The number of carbonyl (C=O) groups excluding carboxylic acids is 1. The maximum absolute atomic E-state index is 13.4. The smallest absolute Gasteiger partial charge is 0.433 e. The number of nitrogens with zero attached hydrogens (tertiary/aromatic N) is 2. The van der Waals surface area contributed by atoms with Crippen LogP contribution in [0.15, 0.2) is 63.4 Å². The number of amides is 1. The summed E-state index contributed by atoms with van der Waals surface area (Å²) in [5.41, 5.74) is 1.80. The molecule has 0 saturated carbocycles.